The minimum Gasteiger partial charge on any atom is -0.348 e. The van der Waals surface area contributed by atoms with Gasteiger partial charge in [0.15, 0.2) is 0 Å². The molecule has 0 aliphatic rings. The summed E-state index contributed by atoms with van der Waals surface area (Å²) in [4.78, 5) is 28.6. The number of amides is 2. The molecule has 5 nitrogen and oxygen atoms in total. The first-order chi connectivity index (χ1) is 13.4. The van der Waals surface area contributed by atoms with Gasteiger partial charge in [0.25, 0.3) is 11.8 Å². The summed E-state index contributed by atoms with van der Waals surface area (Å²) in [6, 6.07) is 11.8. The predicted octanol–water partition coefficient (Wildman–Crippen LogP) is 3.85. The molecule has 3 aromatic rings. The highest BCUT2D eigenvalue weighted by Gasteiger charge is 2.14. The van der Waals surface area contributed by atoms with E-state index in [1.54, 1.807) is 0 Å². The van der Waals surface area contributed by atoms with Crippen molar-refractivity contribution in [1.82, 2.24) is 10.3 Å². The Labute approximate surface area is 160 Å². The second-order valence-electron chi connectivity index (χ2n) is 6.15. The van der Waals surface area contributed by atoms with Crippen LogP contribution in [0.15, 0.2) is 60.9 Å². The van der Waals surface area contributed by atoms with Gasteiger partial charge in [0.1, 0.15) is 11.6 Å². The van der Waals surface area contributed by atoms with Gasteiger partial charge in [0.2, 0.25) is 0 Å². The summed E-state index contributed by atoms with van der Waals surface area (Å²) >= 11 is 0. The number of pyridine rings is 1. The van der Waals surface area contributed by atoms with Crippen LogP contribution in [-0.4, -0.2) is 16.8 Å². The first kappa shape index (κ1) is 19.2. The fourth-order valence-electron chi connectivity index (χ4n) is 2.56. The SMILES string of the molecule is Cc1ccccc1CNC(=O)c1cncc(C(=O)Nc2ccc(F)cc2F)c1. The summed E-state index contributed by atoms with van der Waals surface area (Å²) in [5.74, 6) is -2.69. The zero-order chi connectivity index (χ0) is 20.1. The fourth-order valence-corrected chi connectivity index (χ4v) is 2.56. The lowest BCUT2D eigenvalue weighted by Crippen LogP contribution is -2.24. The van der Waals surface area contributed by atoms with Crippen LogP contribution in [-0.2, 0) is 6.54 Å². The summed E-state index contributed by atoms with van der Waals surface area (Å²) in [6.07, 6.45) is 2.59. The number of hydrogen-bond donors (Lipinski definition) is 2. The predicted molar refractivity (Wildman–Crippen MR) is 101 cm³/mol. The Hall–Kier alpha value is -3.61. The second kappa shape index (κ2) is 8.39. The van der Waals surface area contributed by atoms with Gasteiger partial charge < -0.3 is 10.6 Å². The number of anilines is 1. The summed E-state index contributed by atoms with van der Waals surface area (Å²) in [6.45, 7) is 2.28. The molecule has 0 aliphatic carbocycles. The van der Waals surface area contributed by atoms with E-state index in [1.807, 2.05) is 31.2 Å². The molecular formula is C21H17F2N3O2. The molecule has 0 radical (unpaired) electrons. The molecule has 0 bridgehead atoms. The lowest BCUT2D eigenvalue weighted by atomic mass is 10.1. The van der Waals surface area contributed by atoms with E-state index in [4.69, 9.17) is 0 Å². The smallest absolute Gasteiger partial charge is 0.257 e. The molecule has 0 saturated heterocycles. The van der Waals surface area contributed by atoms with Crippen molar-refractivity contribution >= 4 is 17.5 Å². The van der Waals surface area contributed by atoms with Crippen LogP contribution in [0.25, 0.3) is 0 Å². The topological polar surface area (TPSA) is 71.1 Å². The lowest BCUT2D eigenvalue weighted by molar-refractivity contribution is 0.0950. The van der Waals surface area contributed by atoms with E-state index in [-0.39, 0.29) is 16.8 Å². The molecule has 1 heterocycles. The molecule has 0 unspecified atom stereocenters. The molecule has 2 aromatic carbocycles. The Balaban J connectivity index is 1.69. The number of carbonyl (C=O) groups is 2. The monoisotopic (exact) mass is 381 g/mol. The number of halogens is 2. The van der Waals surface area contributed by atoms with E-state index >= 15 is 0 Å². The summed E-state index contributed by atoms with van der Waals surface area (Å²) in [5.41, 5.74) is 2.13. The third-order valence-corrected chi connectivity index (χ3v) is 4.14. The number of nitrogens with one attached hydrogen (secondary N) is 2. The molecule has 0 aliphatic heterocycles. The lowest BCUT2D eigenvalue weighted by Gasteiger charge is -2.09. The van der Waals surface area contributed by atoms with Gasteiger partial charge in [-0.2, -0.15) is 0 Å². The van der Waals surface area contributed by atoms with Crippen molar-refractivity contribution in [2.24, 2.45) is 0 Å². The van der Waals surface area contributed by atoms with Gasteiger partial charge in [0, 0.05) is 25.0 Å². The Morgan fingerprint density at radius 1 is 0.964 bits per heavy atom. The molecule has 0 saturated carbocycles. The van der Waals surface area contributed by atoms with Crippen LogP contribution < -0.4 is 10.6 Å². The molecule has 2 amide bonds. The third kappa shape index (κ3) is 4.56. The van der Waals surface area contributed by atoms with Crippen LogP contribution in [0.2, 0.25) is 0 Å². The van der Waals surface area contributed by atoms with Crippen molar-refractivity contribution in [3.63, 3.8) is 0 Å². The first-order valence-electron chi connectivity index (χ1n) is 8.48. The summed E-state index contributed by atoms with van der Waals surface area (Å²) < 4.78 is 26.7. The van der Waals surface area contributed by atoms with Gasteiger partial charge in [-0.25, -0.2) is 8.78 Å². The van der Waals surface area contributed by atoms with Crippen LogP contribution in [0.3, 0.4) is 0 Å². The first-order valence-corrected chi connectivity index (χ1v) is 8.48. The molecule has 28 heavy (non-hydrogen) atoms. The summed E-state index contributed by atoms with van der Waals surface area (Å²) in [7, 11) is 0. The Kier molecular flexibility index (Phi) is 5.74. The van der Waals surface area contributed by atoms with Gasteiger partial charge >= 0.3 is 0 Å². The summed E-state index contributed by atoms with van der Waals surface area (Å²) in [5, 5.41) is 5.11. The van der Waals surface area contributed by atoms with Crippen molar-refractivity contribution in [3.8, 4) is 0 Å². The molecule has 142 valence electrons. The van der Waals surface area contributed by atoms with E-state index < -0.39 is 23.4 Å². The number of carbonyl (C=O) groups excluding carboxylic acids is 2. The highest BCUT2D eigenvalue weighted by molar-refractivity contribution is 6.05. The van der Waals surface area contributed by atoms with Gasteiger partial charge in [-0.05, 0) is 36.2 Å². The molecule has 3 rings (SSSR count). The largest absolute Gasteiger partial charge is 0.348 e. The van der Waals surface area contributed by atoms with Crippen LogP contribution in [0.5, 0.6) is 0 Å². The van der Waals surface area contributed by atoms with E-state index in [9.17, 15) is 18.4 Å². The van der Waals surface area contributed by atoms with E-state index in [1.165, 1.54) is 18.5 Å². The minimum absolute atomic E-state index is 0.0762. The number of hydrogen-bond acceptors (Lipinski definition) is 3. The highest BCUT2D eigenvalue weighted by Crippen LogP contribution is 2.16. The molecular weight excluding hydrogens is 364 g/mol. The average Bonchev–Trinajstić information content (AvgIpc) is 2.69. The number of nitrogens with zero attached hydrogens (tertiary/aromatic N) is 1. The number of aryl methyl sites for hydroxylation is 1. The van der Waals surface area contributed by atoms with Crippen molar-refractivity contribution in [2.75, 3.05) is 5.32 Å². The Morgan fingerprint density at radius 2 is 1.68 bits per heavy atom. The second-order valence-corrected chi connectivity index (χ2v) is 6.15. The highest BCUT2D eigenvalue weighted by atomic mass is 19.1. The zero-order valence-corrected chi connectivity index (χ0v) is 15.0. The van der Waals surface area contributed by atoms with Crippen molar-refractivity contribution in [3.05, 3.63) is 94.8 Å². The number of rotatable bonds is 5. The van der Waals surface area contributed by atoms with Gasteiger partial charge in [-0.15, -0.1) is 0 Å². The third-order valence-electron chi connectivity index (χ3n) is 4.14. The fraction of sp³-hybridized carbons (Fsp3) is 0.0952. The van der Waals surface area contributed by atoms with E-state index in [0.717, 1.165) is 23.3 Å². The molecule has 0 fully saturated rings. The van der Waals surface area contributed by atoms with Gasteiger partial charge in [0.05, 0.1) is 16.8 Å². The maximum Gasteiger partial charge on any atom is 0.257 e. The number of aromatic nitrogens is 1. The molecule has 0 atom stereocenters. The van der Waals surface area contributed by atoms with Gasteiger partial charge in [-0.3, -0.25) is 14.6 Å². The Bertz CT molecular complexity index is 1040. The van der Waals surface area contributed by atoms with E-state index in [2.05, 4.69) is 15.6 Å². The van der Waals surface area contributed by atoms with Crippen LogP contribution in [0.4, 0.5) is 14.5 Å². The van der Waals surface area contributed by atoms with Crippen LogP contribution in [0.1, 0.15) is 31.8 Å². The van der Waals surface area contributed by atoms with Crippen molar-refractivity contribution in [1.29, 1.82) is 0 Å². The van der Waals surface area contributed by atoms with Crippen LogP contribution in [0, 0.1) is 18.6 Å². The van der Waals surface area contributed by atoms with Gasteiger partial charge in [-0.1, -0.05) is 24.3 Å². The van der Waals surface area contributed by atoms with Crippen LogP contribution >= 0.6 is 0 Å². The average molecular weight is 381 g/mol. The zero-order valence-electron chi connectivity index (χ0n) is 15.0. The normalized spacial score (nSPS) is 10.4. The maximum atomic E-state index is 13.7. The maximum absolute atomic E-state index is 13.7. The molecule has 0 spiro atoms. The molecule has 7 heteroatoms. The molecule has 2 N–H and O–H groups in total. The molecule has 1 aromatic heterocycles. The van der Waals surface area contributed by atoms with E-state index in [0.29, 0.717) is 12.6 Å². The number of benzene rings is 2. The minimum atomic E-state index is -0.895. The quantitative estimate of drug-likeness (QED) is 0.705. The Morgan fingerprint density at radius 3 is 2.39 bits per heavy atom. The van der Waals surface area contributed by atoms with Crippen molar-refractivity contribution < 1.29 is 18.4 Å². The van der Waals surface area contributed by atoms with Crippen molar-refractivity contribution in [2.45, 2.75) is 13.5 Å². The standard InChI is InChI=1S/C21H17F2N3O2/c1-13-4-2-3-5-14(13)12-25-20(27)15-8-16(11-24-10-15)21(28)26-19-7-6-17(22)9-18(19)23/h2-11H,12H2,1H3,(H,25,27)(H,26,28).